The first-order valence-corrected chi connectivity index (χ1v) is 7.09. The van der Waals surface area contributed by atoms with Crippen molar-refractivity contribution in [3.05, 3.63) is 47.6 Å². The van der Waals surface area contributed by atoms with Crippen molar-refractivity contribution < 1.29 is 14.3 Å². The van der Waals surface area contributed by atoms with Gasteiger partial charge in [0.2, 0.25) is 0 Å². The van der Waals surface area contributed by atoms with E-state index in [-0.39, 0.29) is 5.78 Å². The lowest BCUT2D eigenvalue weighted by Gasteiger charge is -2.12. The van der Waals surface area contributed by atoms with Gasteiger partial charge in [0.15, 0.2) is 12.1 Å². The fraction of sp³-hybridized carbons (Fsp3) is 0.250. The van der Waals surface area contributed by atoms with Crippen LogP contribution in [0.1, 0.15) is 23.2 Å². The van der Waals surface area contributed by atoms with E-state index < -0.39 is 12.4 Å². The summed E-state index contributed by atoms with van der Waals surface area (Å²) in [5, 5.41) is 8.77. The zero-order chi connectivity index (χ0) is 15.5. The van der Waals surface area contributed by atoms with Crippen LogP contribution in [0.15, 0.2) is 42.0 Å². The second kappa shape index (κ2) is 5.93. The van der Waals surface area contributed by atoms with Crippen LogP contribution in [-0.4, -0.2) is 25.3 Å². The summed E-state index contributed by atoms with van der Waals surface area (Å²) >= 11 is 0. The Bertz CT molecular complexity index is 679. The van der Waals surface area contributed by atoms with Gasteiger partial charge >= 0.3 is 6.09 Å². The van der Waals surface area contributed by atoms with Gasteiger partial charge in [-0.2, -0.15) is 0 Å². The molecule has 3 rings (SSSR count). The molecule has 0 saturated heterocycles. The number of ketones is 1. The Labute approximate surface area is 128 Å². The average molecular weight is 299 g/mol. The highest BCUT2D eigenvalue weighted by molar-refractivity contribution is 6.10. The van der Waals surface area contributed by atoms with Crippen LogP contribution in [0, 0.1) is 0 Å². The van der Waals surface area contributed by atoms with Gasteiger partial charge in [0.25, 0.3) is 0 Å². The standard InChI is InChI=1S/C16H17N3O3/c1-22-16(21)19-15-17-12-8-7-11(9-13(12)18-15)14(20)10-5-3-2-4-6-10/h2-3,5,7-9,15,17-18H,4,6H2,1H3,(H,19,21). The molecule has 1 unspecified atom stereocenters. The summed E-state index contributed by atoms with van der Waals surface area (Å²) in [5.74, 6) is 0.0401. The fourth-order valence-electron chi connectivity index (χ4n) is 2.50. The Kier molecular flexibility index (Phi) is 3.82. The first-order valence-electron chi connectivity index (χ1n) is 7.09. The summed E-state index contributed by atoms with van der Waals surface area (Å²) in [6.07, 6.45) is 6.51. The summed E-state index contributed by atoms with van der Waals surface area (Å²) in [6.45, 7) is 0. The van der Waals surface area contributed by atoms with E-state index in [1.54, 1.807) is 12.1 Å². The number of amides is 1. The van der Waals surface area contributed by atoms with E-state index in [0.717, 1.165) is 29.8 Å². The molecule has 6 heteroatoms. The number of carbonyl (C=O) groups is 2. The van der Waals surface area contributed by atoms with Crippen molar-refractivity contribution in [1.29, 1.82) is 0 Å². The number of ether oxygens (including phenoxy) is 1. The molecule has 0 saturated carbocycles. The van der Waals surface area contributed by atoms with E-state index in [2.05, 4.69) is 20.7 Å². The Balaban J connectivity index is 1.75. The molecule has 1 aromatic rings. The monoisotopic (exact) mass is 299 g/mol. The third-order valence-electron chi connectivity index (χ3n) is 3.63. The number of alkyl carbamates (subject to hydrolysis) is 1. The summed E-state index contributed by atoms with van der Waals surface area (Å²) < 4.78 is 4.55. The van der Waals surface area contributed by atoms with Crippen molar-refractivity contribution in [2.45, 2.75) is 19.1 Å². The number of hydrogen-bond acceptors (Lipinski definition) is 5. The van der Waals surface area contributed by atoms with Crippen LogP contribution >= 0.6 is 0 Å². The molecule has 1 heterocycles. The Hall–Kier alpha value is -2.76. The smallest absolute Gasteiger partial charge is 0.409 e. The molecule has 0 bridgehead atoms. The number of benzene rings is 1. The van der Waals surface area contributed by atoms with Crippen LogP contribution in [0.4, 0.5) is 16.2 Å². The van der Waals surface area contributed by atoms with Crippen molar-refractivity contribution in [2.24, 2.45) is 0 Å². The van der Waals surface area contributed by atoms with E-state index in [9.17, 15) is 9.59 Å². The van der Waals surface area contributed by atoms with Crippen molar-refractivity contribution in [1.82, 2.24) is 5.32 Å². The van der Waals surface area contributed by atoms with Gasteiger partial charge in [-0.05, 0) is 31.0 Å². The first-order chi connectivity index (χ1) is 10.7. The highest BCUT2D eigenvalue weighted by Crippen LogP contribution is 2.30. The van der Waals surface area contributed by atoms with Crippen LogP contribution < -0.4 is 16.0 Å². The van der Waals surface area contributed by atoms with Crippen LogP contribution in [0.5, 0.6) is 0 Å². The molecular weight excluding hydrogens is 282 g/mol. The van der Waals surface area contributed by atoms with Crippen LogP contribution in [-0.2, 0) is 4.74 Å². The van der Waals surface area contributed by atoms with Crippen molar-refractivity contribution >= 4 is 23.3 Å². The predicted octanol–water partition coefficient (Wildman–Crippen LogP) is 2.62. The first kappa shape index (κ1) is 14.2. The van der Waals surface area contributed by atoms with E-state index >= 15 is 0 Å². The third-order valence-corrected chi connectivity index (χ3v) is 3.63. The summed E-state index contributed by atoms with van der Waals surface area (Å²) in [4.78, 5) is 23.7. The van der Waals surface area contributed by atoms with E-state index in [1.807, 2.05) is 24.3 Å². The number of fused-ring (bicyclic) bond motifs is 1. The predicted molar refractivity (Wildman–Crippen MR) is 83.8 cm³/mol. The largest absolute Gasteiger partial charge is 0.453 e. The molecule has 1 aliphatic carbocycles. The second-order valence-corrected chi connectivity index (χ2v) is 5.11. The third kappa shape index (κ3) is 2.81. The summed E-state index contributed by atoms with van der Waals surface area (Å²) in [5.41, 5.74) is 3.06. The molecule has 0 fully saturated rings. The maximum absolute atomic E-state index is 12.5. The van der Waals surface area contributed by atoms with Crippen molar-refractivity contribution in [3.8, 4) is 0 Å². The molecule has 1 aromatic carbocycles. The van der Waals surface area contributed by atoms with E-state index in [4.69, 9.17) is 0 Å². The van der Waals surface area contributed by atoms with Gasteiger partial charge in [-0.3, -0.25) is 10.1 Å². The van der Waals surface area contributed by atoms with Gasteiger partial charge in [0.1, 0.15) is 0 Å². The number of carbonyl (C=O) groups excluding carboxylic acids is 2. The van der Waals surface area contributed by atoms with Gasteiger partial charge in [0, 0.05) is 11.1 Å². The number of allylic oxidation sites excluding steroid dienone is 4. The van der Waals surface area contributed by atoms with Crippen molar-refractivity contribution in [2.75, 3.05) is 17.7 Å². The van der Waals surface area contributed by atoms with Crippen molar-refractivity contribution in [3.63, 3.8) is 0 Å². The lowest BCUT2D eigenvalue weighted by atomic mass is 9.96. The SMILES string of the molecule is COC(=O)NC1Nc2ccc(C(=O)C3=CC=CCC3)cc2N1. The zero-order valence-electron chi connectivity index (χ0n) is 12.2. The number of hydrogen-bond donors (Lipinski definition) is 3. The van der Waals surface area contributed by atoms with Gasteiger partial charge in [-0.15, -0.1) is 0 Å². The lowest BCUT2D eigenvalue weighted by molar-refractivity contribution is 0.103. The van der Waals surface area contributed by atoms with Crippen LogP contribution in [0.25, 0.3) is 0 Å². The fourth-order valence-corrected chi connectivity index (χ4v) is 2.50. The second-order valence-electron chi connectivity index (χ2n) is 5.11. The minimum absolute atomic E-state index is 0.0401. The molecule has 22 heavy (non-hydrogen) atoms. The zero-order valence-corrected chi connectivity index (χ0v) is 12.2. The molecule has 1 atom stereocenters. The molecule has 1 aliphatic heterocycles. The molecule has 2 aliphatic rings. The molecular formula is C16H17N3O3. The number of Topliss-reactive ketones (excluding diaryl/α,β-unsaturated/α-hetero) is 1. The highest BCUT2D eigenvalue weighted by Gasteiger charge is 2.23. The molecule has 0 spiro atoms. The Morgan fingerprint density at radius 3 is 2.82 bits per heavy atom. The molecule has 6 nitrogen and oxygen atoms in total. The molecule has 114 valence electrons. The highest BCUT2D eigenvalue weighted by atomic mass is 16.5. The average Bonchev–Trinajstić information content (AvgIpc) is 2.96. The number of nitrogens with one attached hydrogen (secondary N) is 3. The number of methoxy groups -OCH3 is 1. The maximum Gasteiger partial charge on any atom is 0.409 e. The van der Waals surface area contributed by atoms with Gasteiger partial charge in [-0.25, -0.2) is 4.79 Å². The number of rotatable bonds is 3. The van der Waals surface area contributed by atoms with Crippen LogP contribution in [0.3, 0.4) is 0 Å². The van der Waals surface area contributed by atoms with E-state index in [0.29, 0.717) is 5.56 Å². The van der Waals surface area contributed by atoms with Crippen LogP contribution in [0.2, 0.25) is 0 Å². The molecule has 0 radical (unpaired) electrons. The van der Waals surface area contributed by atoms with Gasteiger partial charge < -0.3 is 15.4 Å². The lowest BCUT2D eigenvalue weighted by Crippen LogP contribution is -2.42. The van der Waals surface area contributed by atoms with E-state index in [1.165, 1.54) is 7.11 Å². The summed E-state index contributed by atoms with van der Waals surface area (Å²) in [7, 11) is 1.31. The Morgan fingerprint density at radius 2 is 2.09 bits per heavy atom. The quantitative estimate of drug-likeness (QED) is 0.748. The minimum Gasteiger partial charge on any atom is -0.453 e. The minimum atomic E-state index is -0.534. The maximum atomic E-state index is 12.5. The normalized spacial score (nSPS) is 18.6. The number of anilines is 2. The Morgan fingerprint density at radius 1 is 1.27 bits per heavy atom. The van der Waals surface area contributed by atoms with Gasteiger partial charge in [-0.1, -0.05) is 18.2 Å². The molecule has 0 aromatic heterocycles. The molecule has 1 amide bonds. The molecule has 3 N–H and O–H groups in total. The summed E-state index contributed by atoms with van der Waals surface area (Å²) in [6, 6.07) is 5.41. The topological polar surface area (TPSA) is 79.5 Å². The van der Waals surface area contributed by atoms with Gasteiger partial charge in [0.05, 0.1) is 18.5 Å².